The van der Waals surface area contributed by atoms with Crippen molar-refractivity contribution in [2.75, 3.05) is 0 Å². The Hall–Kier alpha value is -2.70. The number of aromatic amines is 2. The van der Waals surface area contributed by atoms with Gasteiger partial charge in [-0.1, -0.05) is 6.07 Å². The van der Waals surface area contributed by atoms with Crippen LogP contribution in [0.5, 0.6) is 0 Å². The zero-order chi connectivity index (χ0) is 13.4. The lowest BCUT2D eigenvalue weighted by Crippen LogP contribution is -2.29. The van der Waals surface area contributed by atoms with Crippen molar-refractivity contribution in [1.82, 2.24) is 24.5 Å². The fourth-order valence-corrected chi connectivity index (χ4v) is 1.96. The molecule has 3 heterocycles. The molecule has 0 bridgehead atoms. The van der Waals surface area contributed by atoms with Gasteiger partial charge in [-0.2, -0.15) is 0 Å². The van der Waals surface area contributed by atoms with Crippen LogP contribution in [-0.2, 0) is 6.54 Å². The number of hydrogen-bond donors (Lipinski definition) is 2. The smallest absolute Gasteiger partial charge is 0.330 e. The van der Waals surface area contributed by atoms with Crippen molar-refractivity contribution in [3.63, 3.8) is 0 Å². The molecular formula is C12H11N5O2. The SMILES string of the molecule is CCn1c(=O)[nH]c(=O)c2[nH]c(-c3ccccn3)nc21. The second kappa shape index (κ2) is 4.20. The molecule has 3 aromatic rings. The van der Waals surface area contributed by atoms with Crippen LogP contribution in [-0.4, -0.2) is 24.5 Å². The molecule has 7 nitrogen and oxygen atoms in total. The minimum atomic E-state index is -0.473. The molecule has 3 rings (SSSR count). The molecule has 0 saturated carbocycles. The largest absolute Gasteiger partial charge is 0.331 e. The summed E-state index contributed by atoms with van der Waals surface area (Å²) >= 11 is 0. The van der Waals surface area contributed by atoms with E-state index in [9.17, 15) is 9.59 Å². The van der Waals surface area contributed by atoms with Crippen LogP contribution in [0, 0.1) is 0 Å². The minimum absolute atomic E-state index is 0.280. The van der Waals surface area contributed by atoms with Crippen molar-refractivity contribution in [3.8, 4) is 11.5 Å². The first kappa shape index (κ1) is 11.4. The molecule has 0 atom stereocenters. The van der Waals surface area contributed by atoms with Gasteiger partial charge in [0.2, 0.25) is 0 Å². The molecule has 0 spiro atoms. The van der Waals surface area contributed by atoms with E-state index in [1.807, 2.05) is 13.0 Å². The van der Waals surface area contributed by atoms with Crippen molar-refractivity contribution in [2.24, 2.45) is 0 Å². The van der Waals surface area contributed by atoms with E-state index >= 15 is 0 Å². The number of nitrogens with one attached hydrogen (secondary N) is 2. The van der Waals surface area contributed by atoms with Crippen LogP contribution >= 0.6 is 0 Å². The Morgan fingerprint density at radius 1 is 1.26 bits per heavy atom. The first-order valence-corrected chi connectivity index (χ1v) is 5.85. The zero-order valence-electron chi connectivity index (χ0n) is 10.2. The lowest BCUT2D eigenvalue weighted by molar-refractivity contribution is 0.720. The topological polar surface area (TPSA) is 96.4 Å². The maximum absolute atomic E-state index is 11.8. The lowest BCUT2D eigenvalue weighted by atomic mass is 10.3. The summed E-state index contributed by atoms with van der Waals surface area (Å²) in [6, 6.07) is 5.40. The molecule has 0 aliphatic heterocycles. The number of hydrogen-bond acceptors (Lipinski definition) is 4. The van der Waals surface area contributed by atoms with Gasteiger partial charge in [-0.05, 0) is 19.1 Å². The number of pyridine rings is 1. The average molecular weight is 257 g/mol. The highest BCUT2D eigenvalue weighted by Crippen LogP contribution is 2.14. The molecule has 2 N–H and O–H groups in total. The molecule has 96 valence electrons. The molecular weight excluding hydrogens is 246 g/mol. The van der Waals surface area contributed by atoms with Crippen molar-refractivity contribution >= 4 is 11.2 Å². The summed E-state index contributed by atoms with van der Waals surface area (Å²) in [6.45, 7) is 2.24. The predicted octanol–water partition coefficient (Wildman–Crippen LogP) is 0.495. The van der Waals surface area contributed by atoms with Gasteiger partial charge < -0.3 is 4.98 Å². The minimum Gasteiger partial charge on any atom is -0.331 e. The van der Waals surface area contributed by atoms with E-state index in [4.69, 9.17) is 0 Å². The summed E-state index contributed by atoms with van der Waals surface area (Å²) in [5, 5.41) is 0. The lowest BCUT2D eigenvalue weighted by Gasteiger charge is -1.99. The summed E-state index contributed by atoms with van der Waals surface area (Å²) in [5.41, 5.74) is 0.311. The summed E-state index contributed by atoms with van der Waals surface area (Å²) in [7, 11) is 0. The van der Waals surface area contributed by atoms with Gasteiger partial charge in [-0.25, -0.2) is 9.78 Å². The first-order chi connectivity index (χ1) is 9.20. The Morgan fingerprint density at radius 3 is 2.79 bits per heavy atom. The van der Waals surface area contributed by atoms with Crippen LogP contribution in [0.4, 0.5) is 0 Å². The van der Waals surface area contributed by atoms with Crippen LogP contribution in [0.1, 0.15) is 6.92 Å². The molecule has 0 amide bonds. The number of aryl methyl sites for hydroxylation is 1. The van der Waals surface area contributed by atoms with Gasteiger partial charge in [0, 0.05) is 12.7 Å². The molecule has 0 aliphatic rings. The van der Waals surface area contributed by atoms with Crippen molar-refractivity contribution in [3.05, 3.63) is 45.2 Å². The maximum Gasteiger partial charge on any atom is 0.330 e. The summed E-state index contributed by atoms with van der Waals surface area (Å²) in [6.07, 6.45) is 1.64. The molecule has 0 unspecified atom stereocenters. The highest BCUT2D eigenvalue weighted by Gasteiger charge is 2.13. The fraction of sp³-hybridized carbons (Fsp3) is 0.167. The van der Waals surface area contributed by atoms with Crippen LogP contribution in [0.15, 0.2) is 34.0 Å². The van der Waals surface area contributed by atoms with Gasteiger partial charge in [0.25, 0.3) is 5.56 Å². The molecule has 19 heavy (non-hydrogen) atoms. The molecule has 0 radical (unpaired) electrons. The monoisotopic (exact) mass is 257 g/mol. The van der Waals surface area contributed by atoms with Crippen molar-refractivity contribution in [2.45, 2.75) is 13.5 Å². The third kappa shape index (κ3) is 1.75. The molecule has 0 saturated heterocycles. The van der Waals surface area contributed by atoms with Gasteiger partial charge >= 0.3 is 5.69 Å². The third-order valence-electron chi connectivity index (χ3n) is 2.86. The summed E-state index contributed by atoms with van der Waals surface area (Å²) in [5.74, 6) is 0.467. The van der Waals surface area contributed by atoms with E-state index < -0.39 is 11.2 Å². The van der Waals surface area contributed by atoms with Gasteiger partial charge in [-0.3, -0.25) is 19.3 Å². The van der Waals surface area contributed by atoms with Gasteiger partial charge in [-0.15, -0.1) is 0 Å². The van der Waals surface area contributed by atoms with E-state index in [1.165, 1.54) is 4.57 Å². The van der Waals surface area contributed by atoms with E-state index in [-0.39, 0.29) is 5.52 Å². The summed E-state index contributed by atoms with van der Waals surface area (Å²) in [4.78, 5) is 37.0. The quantitative estimate of drug-likeness (QED) is 0.698. The molecule has 0 aliphatic carbocycles. The van der Waals surface area contributed by atoms with E-state index in [2.05, 4.69) is 19.9 Å². The summed E-state index contributed by atoms with van der Waals surface area (Å²) < 4.78 is 1.40. The average Bonchev–Trinajstić information content (AvgIpc) is 2.85. The van der Waals surface area contributed by atoms with Crippen molar-refractivity contribution < 1.29 is 0 Å². The molecule has 0 aromatic carbocycles. The van der Waals surface area contributed by atoms with E-state index in [1.54, 1.807) is 18.3 Å². The number of nitrogens with zero attached hydrogens (tertiary/aromatic N) is 3. The number of fused-ring (bicyclic) bond motifs is 1. The van der Waals surface area contributed by atoms with Crippen molar-refractivity contribution in [1.29, 1.82) is 0 Å². The number of rotatable bonds is 2. The Balaban J connectivity index is 2.35. The molecule has 3 aromatic heterocycles. The highest BCUT2D eigenvalue weighted by molar-refractivity contribution is 5.74. The Morgan fingerprint density at radius 2 is 2.11 bits per heavy atom. The van der Waals surface area contributed by atoms with Crippen LogP contribution in [0.3, 0.4) is 0 Å². The number of H-pyrrole nitrogens is 2. The second-order valence-electron chi connectivity index (χ2n) is 4.00. The molecule has 0 fully saturated rings. The highest BCUT2D eigenvalue weighted by atomic mass is 16.2. The Labute approximate surface area is 107 Å². The maximum atomic E-state index is 11.8. The van der Waals surface area contributed by atoms with Crippen LogP contribution in [0.25, 0.3) is 22.7 Å². The van der Waals surface area contributed by atoms with E-state index in [0.29, 0.717) is 23.7 Å². The number of aromatic nitrogens is 5. The van der Waals surface area contributed by atoms with Gasteiger partial charge in [0.15, 0.2) is 11.5 Å². The second-order valence-corrected chi connectivity index (χ2v) is 4.00. The van der Waals surface area contributed by atoms with Crippen LogP contribution < -0.4 is 11.2 Å². The third-order valence-corrected chi connectivity index (χ3v) is 2.86. The number of imidazole rings is 1. The van der Waals surface area contributed by atoms with Gasteiger partial charge in [0.05, 0.1) is 0 Å². The fourth-order valence-electron chi connectivity index (χ4n) is 1.96. The van der Waals surface area contributed by atoms with E-state index in [0.717, 1.165) is 0 Å². The normalized spacial score (nSPS) is 11.0. The standard InChI is InChI=1S/C12H11N5O2/c1-2-17-10-8(11(18)16-12(17)19)14-9(15-10)7-5-3-4-6-13-7/h3-6H,2H2,1H3,(H,14,15)(H,16,18,19). The van der Waals surface area contributed by atoms with Crippen LogP contribution in [0.2, 0.25) is 0 Å². The van der Waals surface area contributed by atoms with Gasteiger partial charge in [0.1, 0.15) is 11.2 Å². The first-order valence-electron chi connectivity index (χ1n) is 5.85. The predicted molar refractivity (Wildman–Crippen MR) is 69.9 cm³/mol. The Kier molecular flexibility index (Phi) is 2.52. The zero-order valence-corrected chi connectivity index (χ0v) is 10.2. The molecule has 7 heteroatoms. The Bertz CT molecular complexity index is 844.